The summed E-state index contributed by atoms with van der Waals surface area (Å²) in [5.41, 5.74) is 7.72. The van der Waals surface area contributed by atoms with Crippen LogP contribution in [-0.2, 0) is 7.05 Å². The van der Waals surface area contributed by atoms with Crippen molar-refractivity contribution in [3.63, 3.8) is 0 Å². The number of nitrogens with one attached hydrogen (secondary N) is 1. The average molecular weight is 432 g/mol. The Morgan fingerprint density at radius 2 is 1.78 bits per heavy atom. The van der Waals surface area contributed by atoms with E-state index in [1.165, 1.54) is 0 Å². The maximum atomic E-state index is 5.98. The first-order chi connectivity index (χ1) is 15.6. The van der Waals surface area contributed by atoms with Crippen LogP contribution < -0.4 is 16.0 Å². The summed E-state index contributed by atoms with van der Waals surface area (Å²) in [6.45, 7) is 5.46. The fourth-order valence-corrected chi connectivity index (χ4v) is 3.99. The molecule has 4 heterocycles. The van der Waals surface area contributed by atoms with E-state index < -0.39 is 0 Å². The number of nitrogen functional groups attached to an aromatic ring is 1. The summed E-state index contributed by atoms with van der Waals surface area (Å²) in [6, 6.07) is 9.77. The van der Waals surface area contributed by atoms with E-state index in [9.17, 15) is 0 Å². The number of aryl methyl sites for hydroxylation is 1. The number of nitrogens with zero attached hydrogens (tertiary/aromatic N) is 9. The molecule has 3 aromatic heterocycles. The molecule has 1 aromatic carbocycles. The van der Waals surface area contributed by atoms with E-state index in [4.69, 9.17) is 5.73 Å². The Bertz CT molecular complexity index is 1220. The highest BCUT2D eigenvalue weighted by atomic mass is 15.3. The second kappa shape index (κ2) is 8.35. The molecule has 4 aromatic rings. The first-order valence-corrected chi connectivity index (χ1v) is 10.5. The van der Waals surface area contributed by atoms with Gasteiger partial charge in [-0.1, -0.05) is 18.2 Å². The van der Waals surface area contributed by atoms with Crippen molar-refractivity contribution in [1.29, 1.82) is 0 Å². The minimum absolute atomic E-state index is 0.00239. The first kappa shape index (κ1) is 20.1. The first-order valence-electron chi connectivity index (χ1n) is 10.5. The van der Waals surface area contributed by atoms with Crippen LogP contribution in [0.3, 0.4) is 0 Å². The van der Waals surface area contributed by atoms with Crippen molar-refractivity contribution >= 4 is 34.4 Å². The molecule has 5 rings (SSSR count). The summed E-state index contributed by atoms with van der Waals surface area (Å²) in [6.07, 6.45) is 3.43. The third-order valence-corrected chi connectivity index (χ3v) is 5.74. The van der Waals surface area contributed by atoms with Gasteiger partial charge in [0.05, 0.1) is 17.6 Å². The van der Waals surface area contributed by atoms with Gasteiger partial charge in [0, 0.05) is 38.9 Å². The SMILES string of the molecule is CC(c1nc(N)nc(Nc2ccccc2)n1)N1CCN(c2ncnc3c2cnn3C)CC1. The Labute approximate surface area is 185 Å². The van der Waals surface area contributed by atoms with Gasteiger partial charge in [-0.25, -0.2) is 9.97 Å². The monoisotopic (exact) mass is 431 g/mol. The molecule has 1 aliphatic rings. The van der Waals surface area contributed by atoms with Gasteiger partial charge in [-0.2, -0.15) is 20.1 Å². The smallest absolute Gasteiger partial charge is 0.232 e. The van der Waals surface area contributed by atoms with E-state index in [0.29, 0.717) is 11.8 Å². The maximum absolute atomic E-state index is 5.98. The van der Waals surface area contributed by atoms with Crippen LogP contribution >= 0.6 is 0 Å². The molecule has 11 heteroatoms. The summed E-state index contributed by atoms with van der Waals surface area (Å²) < 4.78 is 1.77. The molecule has 0 bridgehead atoms. The van der Waals surface area contributed by atoms with Gasteiger partial charge in [-0.3, -0.25) is 9.58 Å². The van der Waals surface area contributed by atoms with Crippen molar-refractivity contribution in [2.24, 2.45) is 7.05 Å². The van der Waals surface area contributed by atoms with Crippen LogP contribution in [0, 0.1) is 0 Å². The lowest BCUT2D eigenvalue weighted by Crippen LogP contribution is -2.47. The number of hydrogen-bond donors (Lipinski definition) is 2. The van der Waals surface area contributed by atoms with Gasteiger partial charge in [0.1, 0.15) is 12.1 Å². The second-order valence-corrected chi connectivity index (χ2v) is 7.77. The Morgan fingerprint density at radius 3 is 2.56 bits per heavy atom. The fraction of sp³-hybridized carbons (Fsp3) is 0.333. The topological polar surface area (TPSA) is 127 Å². The molecule has 3 N–H and O–H groups in total. The lowest BCUT2D eigenvalue weighted by atomic mass is 10.2. The summed E-state index contributed by atoms with van der Waals surface area (Å²) >= 11 is 0. The summed E-state index contributed by atoms with van der Waals surface area (Å²) in [4.78, 5) is 26.7. The third-order valence-electron chi connectivity index (χ3n) is 5.74. The van der Waals surface area contributed by atoms with E-state index in [0.717, 1.165) is 48.7 Å². The maximum Gasteiger partial charge on any atom is 0.232 e. The molecule has 11 nitrogen and oxygen atoms in total. The van der Waals surface area contributed by atoms with Gasteiger partial charge in [-0.05, 0) is 19.1 Å². The molecule has 0 radical (unpaired) electrons. The van der Waals surface area contributed by atoms with Crippen molar-refractivity contribution in [3.8, 4) is 0 Å². The zero-order valence-corrected chi connectivity index (χ0v) is 18.0. The molecular weight excluding hydrogens is 406 g/mol. The molecule has 32 heavy (non-hydrogen) atoms. The molecule has 1 atom stereocenters. The minimum Gasteiger partial charge on any atom is -0.368 e. The molecule has 1 saturated heterocycles. The zero-order valence-electron chi connectivity index (χ0n) is 18.0. The number of benzene rings is 1. The number of nitrogens with two attached hydrogens (primary N) is 1. The lowest BCUT2D eigenvalue weighted by Gasteiger charge is -2.38. The van der Waals surface area contributed by atoms with Crippen molar-refractivity contribution < 1.29 is 0 Å². The van der Waals surface area contributed by atoms with Gasteiger partial charge in [0.15, 0.2) is 11.5 Å². The standard InChI is InChI=1S/C21H25N11/c1-14(17-27-20(22)29-21(28-17)26-15-6-4-3-5-7-15)31-8-10-32(11-9-31)19-16-12-25-30(2)18(16)23-13-24-19/h3-7,12-14H,8-11H2,1-2H3,(H3,22,26,27,28,29). The van der Waals surface area contributed by atoms with E-state index in [-0.39, 0.29) is 12.0 Å². The summed E-state index contributed by atoms with van der Waals surface area (Å²) in [7, 11) is 1.89. The van der Waals surface area contributed by atoms with Gasteiger partial charge < -0.3 is 16.0 Å². The van der Waals surface area contributed by atoms with Crippen molar-refractivity contribution in [1.82, 2.24) is 39.6 Å². The predicted molar refractivity (Wildman–Crippen MR) is 122 cm³/mol. The van der Waals surface area contributed by atoms with Crippen LogP contribution in [0.1, 0.15) is 18.8 Å². The quantitative estimate of drug-likeness (QED) is 0.482. The molecule has 0 saturated carbocycles. The molecule has 0 spiro atoms. The number of aromatic nitrogens is 7. The van der Waals surface area contributed by atoms with E-state index in [2.05, 4.69) is 52.1 Å². The minimum atomic E-state index is 0.00239. The lowest BCUT2D eigenvalue weighted by molar-refractivity contribution is 0.191. The molecular formula is C21H25N11. The Morgan fingerprint density at radius 1 is 1.00 bits per heavy atom. The second-order valence-electron chi connectivity index (χ2n) is 7.77. The number of rotatable bonds is 5. The molecule has 164 valence electrons. The van der Waals surface area contributed by atoms with Crippen LogP contribution in [-0.4, -0.2) is 65.8 Å². The van der Waals surface area contributed by atoms with Crippen LogP contribution in [0.2, 0.25) is 0 Å². The van der Waals surface area contributed by atoms with Gasteiger partial charge in [0.2, 0.25) is 11.9 Å². The zero-order chi connectivity index (χ0) is 22.1. The third kappa shape index (κ3) is 3.89. The highest BCUT2D eigenvalue weighted by Crippen LogP contribution is 2.26. The predicted octanol–water partition coefficient (Wildman–Crippen LogP) is 1.76. The highest BCUT2D eigenvalue weighted by Gasteiger charge is 2.26. The van der Waals surface area contributed by atoms with Crippen molar-refractivity contribution in [3.05, 3.63) is 48.7 Å². The Hall–Kier alpha value is -3.86. The normalized spacial score (nSPS) is 15.8. The van der Waals surface area contributed by atoms with Crippen LogP contribution in [0.25, 0.3) is 11.0 Å². The van der Waals surface area contributed by atoms with Gasteiger partial charge in [0.25, 0.3) is 0 Å². The van der Waals surface area contributed by atoms with E-state index in [1.54, 1.807) is 11.0 Å². The van der Waals surface area contributed by atoms with Gasteiger partial charge in [-0.15, -0.1) is 0 Å². The number of hydrogen-bond acceptors (Lipinski definition) is 10. The highest BCUT2D eigenvalue weighted by molar-refractivity contribution is 5.86. The summed E-state index contributed by atoms with van der Waals surface area (Å²) in [5.74, 6) is 2.23. The number of fused-ring (bicyclic) bond motifs is 1. The molecule has 1 fully saturated rings. The van der Waals surface area contributed by atoms with Gasteiger partial charge >= 0.3 is 0 Å². The average Bonchev–Trinajstić information content (AvgIpc) is 3.20. The van der Waals surface area contributed by atoms with Crippen LogP contribution in [0.5, 0.6) is 0 Å². The van der Waals surface area contributed by atoms with E-state index in [1.807, 2.05) is 43.6 Å². The van der Waals surface area contributed by atoms with Crippen molar-refractivity contribution in [2.45, 2.75) is 13.0 Å². The number of anilines is 4. The fourth-order valence-electron chi connectivity index (χ4n) is 3.99. The Balaban J connectivity index is 1.29. The molecule has 0 amide bonds. The van der Waals surface area contributed by atoms with Crippen LogP contribution in [0.15, 0.2) is 42.9 Å². The van der Waals surface area contributed by atoms with E-state index >= 15 is 0 Å². The Kier molecular flexibility index (Phi) is 5.23. The summed E-state index contributed by atoms with van der Waals surface area (Å²) in [5, 5.41) is 8.49. The largest absolute Gasteiger partial charge is 0.368 e. The number of piperazine rings is 1. The van der Waals surface area contributed by atoms with Crippen molar-refractivity contribution in [2.75, 3.05) is 42.1 Å². The molecule has 0 aliphatic carbocycles. The number of para-hydroxylation sites is 1. The molecule has 1 unspecified atom stereocenters. The molecule has 1 aliphatic heterocycles. The van der Waals surface area contributed by atoms with Crippen LogP contribution in [0.4, 0.5) is 23.4 Å².